The highest BCUT2D eigenvalue weighted by Crippen LogP contribution is 2.20. The molecule has 2 rings (SSSR count). The van der Waals surface area contributed by atoms with Crippen molar-refractivity contribution in [1.82, 2.24) is 4.90 Å². The summed E-state index contributed by atoms with van der Waals surface area (Å²) in [6, 6.07) is 2.17. The Bertz CT molecular complexity index is 302. The molecule has 1 saturated heterocycles. The zero-order chi connectivity index (χ0) is 10.8. The Morgan fingerprint density at radius 2 is 2.00 bits per heavy atom. The van der Waals surface area contributed by atoms with Crippen LogP contribution in [0.4, 0.5) is 0 Å². The molecule has 0 unspecified atom stereocenters. The predicted molar refractivity (Wildman–Crippen MR) is 61.9 cm³/mol. The van der Waals surface area contributed by atoms with E-state index in [2.05, 4.69) is 24.8 Å². The van der Waals surface area contributed by atoms with Crippen LogP contribution in [0.25, 0.3) is 0 Å². The minimum absolute atomic E-state index is 0.904. The molecule has 2 heterocycles. The number of hydrogen-bond donors (Lipinski definition) is 0. The fourth-order valence-electron chi connectivity index (χ4n) is 2.17. The van der Waals surface area contributed by atoms with Crippen molar-refractivity contribution < 1.29 is 4.42 Å². The monoisotopic (exact) mass is 207 g/mol. The molecule has 1 aromatic heterocycles. The van der Waals surface area contributed by atoms with Crippen LogP contribution in [0.5, 0.6) is 0 Å². The van der Waals surface area contributed by atoms with E-state index in [1.54, 1.807) is 0 Å². The minimum atomic E-state index is 0.904. The first kappa shape index (κ1) is 10.7. The number of piperidine rings is 1. The van der Waals surface area contributed by atoms with Crippen LogP contribution < -0.4 is 0 Å². The standard InChI is InChI=1S/C13H21NO/c1-10-4-6-14(7-5-10)9-13-8-11(2)12(3)15-13/h8,10H,4-7,9H2,1-3H3. The number of aryl methyl sites for hydroxylation is 2. The average molecular weight is 207 g/mol. The van der Waals surface area contributed by atoms with E-state index in [9.17, 15) is 0 Å². The molecular weight excluding hydrogens is 186 g/mol. The van der Waals surface area contributed by atoms with Crippen molar-refractivity contribution in [1.29, 1.82) is 0 Å². The van der Waals surface area contributed by atoms with Gasteiger partial charge in [0, 0.05) is 0 Å². The highest BCUT2D eigenvalue weighted by molar-refractivity contribution is 5.18. The van der Waals surface area contributed by atoms with Crippen molar-refractivity contribution in [3.8, 4) is 0 Å². The van der Waals surface area contributed by atoms with Crippen LogP contribution in [-0.4, -0.2) is 18.0 Å². The van der Waals surface area contributed by atoms with E-state index in [1.807, 2.05) is 6.92 Å². The van der Waals surface area contributed by atoms with Crippen LogP contribution in [0.2, 0.25) is 0 Å². The Morgan fingerprint density at radius 1 is 1.33 bits per heavy atom. The van der Waals surface area contributed by atoms with Gasteiger partial charge in [-0.05, 0) is 57.3 Å². The Kier molecular flexibility index (Phi) is 3.15. The Labute approximate surface area is 92.3 Å². The summed E-state index contributed by atoms with van der Waals surface area (Å²) in [7, 11) is 0. The molecule has 1 aromatic rings. The molecule has 0 radical (unpaired) electrons. The number of rotatable bonds is 2. The minimum Gasteiger partial charge on any atom is -0.465 e. The molecule has 0 saturated carbocycles. The lowest BCUT2D eigenvalue weighted by molar-refractivity contribution is 0.173. The summed E-state index contributed by atoms with van der Waals surface area (Å²) in [6.45, 7) is 9.93. The van der Waals surface area contributed by atoms with Gasteiger partial charge in [-0.25, -0.2) is 0 Å². The molecule has 0 spiro atoms. The molecule has 1 aliphatic rings. The van der Waals surface area contributed by atoms with Crippen molar-refractivity contribution >= 4 is 0 Å². The third kappa shape index (κ3) is 2.63. The lowest BCUT2D eigenvalue weighted by atomic mass is 9.99. The van der Waals surface area contributed by atoms with Crippen LogP contribution in [0.15, 0.2) is 10.5 Å². The van der Waals surface area contributed by atoms with Gasteiger partial charge in [0.15, 0.2) is 0 Å². The second-order valence-corrected chi connectivity index (χ2v) is 4.91. The van der Waals surface area contributed by atoms with E-state index in [-0.39, 0.29) is 0 Å². The summed E-state index contributed by atoms with van der Waals surface area (Å²) in [5.41, 5.74) is 1.27. The SMILES string of the molecule is Cc1cc(CN2CCC(C)CC2)oc1C. The molecule has 0 amide bonds. The van der Waals surface area contributed by atoms with Gasteiger partial charge in [-0.2, -0.15) is 0 Å². The first-order valence-electron chi connectivity index (χ1n) is 5.93. The normalized spacial score (nSPS) is 19.7. The van der Waals surface area contributed by atoms with Gasteiger partial charge in [0.05, 0.1) is 6.54 Å². The van der Waals surface area contributed by atoms with E-state index >= 15 is 0 Å². The predicted octanol–water partition coefficient (Wildman–Crippen LogP) is 3.13. The van der Waals surface area contributed by atoms with Gasteiger partial charge in [-0.15, -0.1) is 0 Å². The van der Waals surface area contributed by atoms with Crippen molar-refractivity contribution in [2.24, 2.45) is 5.92 Å². The summed E-state index contributed by atoms with van der Waals surface area (Å²) in [5, 5.41) is 0. The van der Waals surface area contributed by atoms with E-state index < -0.39 is 0 Å². The third-order valence-electron chi connectivity index (χ3n) is 3.47. The third-order valence-corrected chi connectivity index (χ3v) is 3.47. The Hall–Kier alpha value is -0.760. The maximum absolute atomic E-state index is 5.70. The lowest BCUT2D eigenvalue weighted by Gasteiger charge is -2.29. The second-order valence-electron chi connectivity index (χ2n) is 4.91. The maximum Gasteiger partial charge on any atom is 0.118 e. The molecule has 2 heteroatoms. The van der Waals surface area contributed by atoms with Crippen LogP contribution >= 0.6 is 0 Å². The van der Waals surface area contributed by atoms with Crippen molar-refractivity contribution in [2.75, 3.05) is 13.1 Å². The van der Waals surface area contributed by atoms with Crippen molar-refractivity contribution in [2.45, 2.75) is 40.2 Å². The molecule has 0 atom stereocenters. The molecule has 2 nitrogen and oxygen atoms in total. The molecule has 1 aliphatic heterocycles. The smallest absolute Gasteiger partial charge is 0.118 e. The van der Waals surface area contributed by atoms with E-state index in [1.165, 1.54) is 31.5 Å². The number of nitrogens with zero attached hydrogens (tertiary/aromatic N) is 1. The molecule has 0 aliphatic carbocycles. The molecule has 1 fully saturated rings. The molecule has 15 heavy (non-hydrogen) atoms. The maximum atomic E-state index is 5.70. The molecule has 0 bridgehead atoms. The molecule has 0 aromatic carbocycles. The summed E-state index contributed by atoms with van der Waals surface area (Å²) >= 11 is 0. The fraction of sp³-hybridized carbons (Fsp3) is 0.692. The van der Waals surface area contributed by atoms with E-state index in [0.717, 1.165) is 24.0 Å². The quantitative estimate of drug-likeness (QED) is 0.740. The molecule has 0 N–H and O–H groups in total. The van der Waals surface area contributed by atoms with Crippen LogP contribution in [0, 0.1) is 19.8 Å². The van der Waals surface area contributed by atoms with Gasteiger partial charge >= 0.3 is 0 Å². The number of furan rings is 1. The van der Waals surface area contributed by atoms with Crippen LogP contribution in [-0.2, 0) is 6.54 Å². The van der Waals surface area contributed by atoms with Crippen molar-refractivity contribution in [3.63, 3.8) is 0 Å². The fourth-order valence-corrected chi connectivity index (χ4v) is 2.17. The first-order valence-corrected chi connectivity index (χ1v) is 5.93. The van der Waals surface area contributed by atoms with Gasteiger partial charge in [-0.1, -0.05) is 6.92 Å². The highest BCUT2D eigenvalue weighted by atomic mass is 16.3. The van der Waals surface area contributed by atoms with Gasteiger partial charge in [0.25, 0.3) is 0 Å². The zero-order valence-electron chi connectivity index (χ0n) is 10.0. The van der Waals surface area contributed by atoms with Gasteiger partial charge in [0.1, 0.15) is 11.5 Å². The van der Waals surface area contributed by atoms with Crippen LogP contribution in [0.1, 0.15) is 36.8 Å². The zero-order valence-corrected chi connectivity index (χ0v) is 10.0. The lowest BCUT2D eigenvalue weighted by Crippen LogP contribution is -2.32. The van der Waals surface area contributed by atoms with E-state index in [4.69, 9.17) is 4.42 Å². The molecule has 84 valence electrons. The Morgan fingerprint density at radius 3 is 2.53 bits per heavy atom. The van der Waals surface area contributed by atoms with Crippen molar-refractivity contribution in [3.05, 3.63) is 23.2 Å². The highest BCUT2D eigenvalue weighted by Gasteiger charge is 2.17. The second kappa shape index (κ2) is 4.40. The number of hydrogen-bond acceptors (Lipinski definition) is 2. The summed E-state index contributed by atoms with van der Waals surface area (Å²) in [6.07, 6.45) is 2.66. The van der Waals surface area contributed by atoms with Gasteiger partial charge < -0.3 is 4.42 Å². The Balaban J connectivity index is 1.91. The topological polar surface area (TPSA) is 16.4 Å². The largest absolute Gasteiger partial charge is 0.465 e. The molecular formula is C13H21NO. The average Bonchev–Trinajstić information content (AvgIpc) is 2.50. The summed E-state index contributed by atoms with van der Waals surface area (Å²) in [4.78, 5) is 2.50. The number of likely N-dealkylation sites (tertiary alicyclic amines) is 1. The summed E-state index contributed by atoms with van der Waals surface area (Å²) < 4.78 is 5.70. The van der Waals surface area contributed by atoms with Gasteiger partial charge in [0.2, 0.25) is 0 Å². The first-order chi connectivity index (χ1) is 7.15. The summed E-state index contributed by atoms with van der Waals surface area (Å²) in [5.74, 6) is 3.09. The van der Waals surface area contributed by atoms with E-state index in [0.29, 0.717) is 0 Å². The van der Waals surface area contributed by atoms with Gasteiger partial charge in [-0.3, -0.25) is 4.90 Å². The van der Waals surface area contributed by atoms with Crippen LogP contribution in [0.3, 0.4) is 0 Å².